The van der Waals surface area contributed by atoms with E-state index in [4.69, 9.17) is 0 Å². The highest BCUT2D eigenvalue weighted by molar-refractivity contribution is 5.08. The second kappa shape index (κ2) is 1.62. The molecule has 1 heterocycles. The van der Waals surface area contributed by atoms with E-state index in [0.717, 1.165) is 0 Å². The molecule has 0 aromatic carbocycles. The third-order valence-electron chi connectivity index (χ3n) is 1.08. The normalized spacial score (nSPS) is 27.5. The Morgan fingerprint density at radius 1 is 1.10 bits per heavy atom. The van der Waals surface area contributed by atoms with Crippen molar-refractivity contribution in [3.8, 4) is 0 Å². The monoisotopic (exact) mass is 159 g/mol. The van der Waals surface area contributed by atoms with E-state index < -0.39 is 17.1 Å². The van der Waals surface area contributed by atoms with Crippen molar-refractivity contribution >= 4 is 0 Å². The number of alkyl halides is 4. The maximum absolute atomic E-state index is 11.9. The highest BCUT2D eigenvalue weighted by Crippen LogP contribution is 2.43. The fourth-order valence-corrected chi connectivity index (χ4v) is 0.495. The summed E-state index contributed by atoms with van der Waals surface area (Å²) < 4.78 is 59.1. The van der Waals surface area contributed by atoms with Gasteiger partial charge in [0.25, 0.3) is 0 Å². The fraction of sp³-hybridized carbons (Fsp3) is 0.500. The number of halogens is 5. The zero-order valence-corrected chi connectivity index (χ0v) is 4.49. The van der Waals surface area contributed by atoms with Gasteiger partial charge in [0.05, 0.1) is 0 Å². The summed E-state index contributed by atoms with van der Waals surface area (Å²) in [4.78, 5) is 0. The van der Waals surface area contributed by atoms with Crippen LogP contribution in [0.1, 0.15) is 0 Å². The highest BCUT2D eigenvalue weighted by atomic mass is 19.3. The molecule has 0 unspecified atom stereocenters. The van der Waals surface area contributed by atoms with Crippen molar-refractivity contribution in [2.24, 2.45) is 0 Å². The molecule has 0 aliphatic carbocycles. The first kappa shape index (κ1) is 7.30. The minimum absolute atomic E-state index is 0. The highest BCUT2D eigenvalue weighted by Gasteiger charge is 2.63. The van der Waals surface area contributed by atoms with E-state index in [0.29, 0.717) is 0 Å². The molecule has 1 nitrogen and oxygen atoms in total. The van der Waals surface area contributed by atoms with E-state index in [9.17, 15) is 22.0 Å². The molecular formula is C4H2F5N. The van der Waals surface area contributed by atoms with Gasteiger partial charge in [0.2, 0.25) is 0 Å². The van der Waals surface area contributed by atoms with Gasteiger partial charge in [-0.3, -0.25) is 0 Å². The summed E-state index contributed by atoms with van der Waals surface area (Å²) in [6.45, 7) is 0. The Balaban J connectivity index is 2.94. The van der Waals surface area contributed by atoms with Crippen LogP contribution < -0.4 is 0 Å². The number of hydrogen-bond acceptors (Lipinski definition) is 1. The fourth-order valence-electron chi connectivity index (χ4n) is 0.495. The first-order chi connectivity index (χ1) is 4.38. The first-order valence-corrected chi connectivity index (χ1v) is 2.28. The summed E-state index contributed by atoms with van der Waals surface area (Å²) in [5, 5.41) is -1.31. The van der Waals surface area contributed by atoms with Crippen LogP contribution in [0.15, 0.2) is 12.3 Å². The molecular weight excluding hydrogens is 157 g/mol. The molecule has 0 bridgehead atoms. The van der Waals surface area contributed by atoms with Crippen LogP contribution in [0, 0.1) is 0 Å². The zero-order valence-electron chi connectivity index (χ0n) is 4.49. The topological polar surface area (TPSA) is 3.24 Å². The van der Waals surface area contributed by atoms with Crippen LogP contribution in [0.2, 0.25) is 0 Å². The summed E-state index contributed by atoms with van der Waals surface area (Å²) in [5.74, 6) is -4.40. The van der Waals surface area contributed by atoms with E-state index in [1.165, 1.54) is 0 Å². The van der Waals surface area contributed by atoms with Crippen LogP contribution in [0.25, 0.3) is 0 Å². The third kappa shape index (κ3) is 0.676. The van der Waals surface area contributed by atoms with Crippen molar-refractivity contribution in [3.05, 3.63) is 12.3 Å². The molecule has 0 atom stereocenters. The molecule has 0 saturated heterocycles. The molecule has 6 heteroatoms. The first-order valence-electron chi connectivity index (χ1n) is 2.28. The van der Waals surface area contributed by atoms with Gasteiger partial charge in [0, 0.05) is 12.3 Å². The molecule has 58 valence electrons. The minimum Gasteiger partial charge on any atom is -0.192 e. The smallest absolute Gasteiger partial charge is 0.192 e. The van der Waals surface area contributed by atoms with Gasteiger partial charge in [-0.2, -0.15) is 17.6 Å². The van der Waals surface area contributed by atoms with Gasteiger partial charge in [0.15, 0.2) is 0 Å². The molecule has 0 saturated carbocycles. The Labute approximate surface area is 52.7 Å². The predicted molar refractivity (Wildman–Crippen MR) is 22.0 cm³/mol. The molecule has 0 spiro atoms. The van der Waals surface area contributed by atoms with Crippen molar-refractivity contribution < 1.29 is 22.0 Å². The zero-order chi connectivity index (χ0) is 7.99. The Kier molecular flexibility index (Phi) is 1.18. The summed E-state index contributed by atoms with van der Waals surface area (Å²) in [7, 11) is 0. The number of hydrogen-bond donors (Lipinski definition) is 0. The summed E-state index contributed by atoms with van der Waals surface area (Å²) in [6.07, 6.45) is -0.188. The Bertz CT molecular complexity index is 174. The molecule has 0 aromatic rings. The van der Waals surface area contributed by atoms with Crippen LogP contribution in [0.4, 0.5) is 22.0 Å². The van der Waals surface area contributed by atoms with E-state index in [1.54, 1.807) is 0 Å². The average molecular weight is 159 g/mol. The van der Waals surface area contributed by atoms with Gasteiger partial charge in [-0.05, 0) is 0 Å². The van der Waals surface area contributed by atoms with Gasteiger partial charge in [0.1, 0.15) is 0 Å². The summed E-state index contributed by atoms with van der Waals surface area (Å²) in [5.41, 5.74) is 0. The maximum atomic E-state index is 11.9. The Hall–Kier alpha value is -0.810. The lowest BCUT2D eigenvalue weighted by Gasteiger charge is -2.20. The number of nitrogens with zero attached hydrogens (tertiary/aromatic N) is 1. The van der Waals surface area contributed by atoms with Gasteiger partial charge < -0.3 is 0 Å². The maximum Gasteiger partial charge on any atom is 0.417 e. The van der Waals surface area contributed by atoms with E-state index in [2.05, 4.69) is 0 Å². The van der Waals surface area contributed by atoms with Crippen molar-refractivity contribution in [1.29, 1.82) is 0 Å². The van der Waals surface area contributed by atoms with Crippen molar-refractivity contribution in [2.45, 2.75) is 12.0 Å². The van der Waals surface area contributed by atoms with E-state index >= 15 is 0 Å². The largest absolute Gasteiger partial charge is 0.417 e. The second-order valence-corrected chi connectivity index (χ2v) is 1.79. The number of rotatable bonds is 0. The van der Waals surface area contributed by atoms with Crippen LogP contribution in [-0.2, 0) is 0 Å². The molecule has 1 rings (SSSR count). The van der Waals surface area contributed by atoms with E-state index in [1.807, 2.05) is 0 Å². The second-order valence-electron chi connectivity index (χ2n) is 1.79. The Morgan fingerprint density at radius 2 is 1.60 bits per heavy atom. The lowest BCUT2D eigenvalue weighted by molar-refractivity contribution is -0.284. The molecule has 0 N–H and O–H groups in total. The van der Waals surface area contributed by atoms with Crippen LogP contribution in [0.3, 0.4) is 0 Å². The van der Waals surface area contributed by atoms with Crippen molar-refractivity contribution in [2.75, 3.05) is 0 Å². The van der Waals surface area contributed by atoms with Crippen LogP contribution in [0.5, 0.6) is 0 Å². The van der Waals surface area contributed by atoms with Gasteiger partial charge in [-0.25, -0.2) is 0 Å². The molecule has 10 heavy (non-hydrogen) atoms. The molecule has 0 aromatic heterocycles. The average Bonchev–Trinajstić information content (AvgIpc) is 1.94. The van der Waals surface area contributed by atoms with Gasteiger partial charge >= 0.3 is 12.0 Å². The van der Waals surface area contributed by atoms with Crippen LogP contribution in [-0.4, -0.2) is 17.1 Å². The summed E-state index contributed by atoms with van der Waals surface area (Å²) in [6, 6.07) is -4.73. The van der Waals surface area contributed by atoms with Crippen molar-refractivity contribution in [3.63, 3.8) is 0 Å². The Morgan fingerprint density at radius 3 is 1.70 bits per heavy atom. The SMILES string of the molecule is FN1C=CC(F)(F)C1(F)F. The lowest BCUT2D eigenvalue weighted by atomic mass is 10.3. The predicted octanol–water partition coefficient (Wildman–Crippen LogP) is 1.93. The standard InChI is InChI=1S/C4H2F5N/c5-3(6)1-2-10(9)4(3,7)8/h1-2H. The summed E-state index contributed by atoms with van der Waals surface area (Å²) >= 11 is 0. The van der Waals surface area contributed by atoms with Crippen molar-refractivity contribution in [1.82, 2.24) is 5.12 Å². The lowest BCUT2D eigenvalue weighted by Crippen LogP contribution is -2.42. The third-order valence-corrected chi connectivity index (χ3v) is 1.08. The van der Waals surface area contributed by atoms with Gasteiger partial charge in [-0.15, -0.1) is 5.12 Å². The minimum atomic E-state index is -4.73. The molecule has 1 aliphatic heterocycles. The quantitative estimate of drug-likeness (QED) is 0.296. The molecule has 1 aliphatic rings. The molecule has 0 fully saturated rings. The van der Waals surface area contributed by atoms with Gasteiger partial charge in [-0.1, -0.05) is 4.48 Å². The molecule has 0 radical (unpaired) electrons. The van der Waals surface area contributed by atoms with E-state index in [-0.39, 0.29) is 12.3 Å². The molecule has 0 amide bonds. The van der Waals surface area contributed by atoms with Crippen LogP contribution >= 0.6 is 0 Å².